The van der Waals surface area contributed by atoms with E-state index in [0.29, 0.717) is 17.8 Å². The van der Waals surface area contributed by atoms with Gasteiger partial charge in [0.2, 0.25) is 0 Å². The van der Waals surface area contributed by atoms with Crippen molar-refractivity contribution in [2.75, 3.05) is 20.8 Å². The van der Waals surface area contributed by atoms with Crippen LogP contribution < -0.4 is 0 Å². The van der Waals surface area contributed by atoms with Crippen molar-refractivity contribution in [3.8, 4) is 0 Å². The molecule has 6 heteroatoms. The highest BCUT2D eigenvalue weighted by atomic mass is 16.5. The largest absolute Gasteiger partial charge is 0.466 e. The molecule has 118 valence electrons. The zero-order valence-electron chi connectivity index (χ0n) is 12.7. The highest BCUT2D eigenvalue weighted by Crippen LogP contribution is 2.65. The fourth-order valence-electron chi connectivity index (χ4n) is 3.98. The van der Waals surface area contributed by atoms with Gasteiger partial charge in [-0.05, 0) is 18.8 Å². The van der Waals surface area contributed by atoms with Crippen LogP contribution in [0.15, 0.2) is 23.3 Å². The van der Waals surface area contributed by atoms with Crippen LogP contribution in [-0.4, -0.2) is 38.7 Å². The second-order valence-corrected chi connectivity index (χ2v) is 5.68. The van der Waals surface area contributed by atoms with E-state index in [2.05, 4.69) is 0 Å². The summed E-state index contributed by atoms with van der Waals surface area (Å²) in [5.74, 6) is -2.15. The Morgan fingerprint density at radius 1 is 0.955 bits per heavy atom. The fraction of sp³-hybridized carbons (Fsp3) is 0.562. The normalized spacial score (nSPS) is 34.0. The Kier molecular flexibility index (Phi) is 3.54. The van der Waals surface area contributed by atoms with Gasteiger partial charge in [-0.15, -0.1) is 0 Å². The number of esters is 3. The summed E-state index contributed by atoms with van der Waals surface area (Å²) in [4.78, 5) is 36.3. The average Bonchev–Trinajstić information content (AvgIpc) is 3.30. The van der Waals surface area contributed by atoms with Crippen molar-refractivity contribution in [3.63, 3.8) is 0 Å². The number of rotatable bonds is 4. The minimum Gasteiger partial charge on any atom is -0.466 e. The Bertz CT molecular complexity index is 560. The summed E-state index contributed by atoms with van der Waals surface area (Å²) in [5.41, 5.74) is 0.657. The van der Waals surface area contributed by atoms with Gasteiger partial charge in [-0.1, -0.05) is 12.2 Å². The fourth-order valence-corrected chi connectivity index (χ4v) is 3.98. The molecule has 6 nitrogen and oxygen atoms in total. The van der Waals surface area contributed by atoms with Gasteiger partial charge in [0.15, 0.2) is 0 Å². The molecule has 1 fully saturated rings. The Morgan fingerprint density at radius 3 is 1.77 bits per heavy atom. The molecule has 4 aliphatic rings. The first kappa shape index (κ1) is 14.8. The van der Waals surface area contributed by atoms with E-state index in [-0.39, 0.29) is 35.6 Å². The smallest absolute Gasteiger partial charge is 0.334 e. The van der Waals surface area contributed by atoms with E-state index >= 15 is 0 Å². The van der Waals surface area contributed by atoms with Crippen LogP contribution >= 0.6 is 0 Å². The maximum atomic E-state index is 12.1. The lowest BCUT2D eigenvalue weighted by atomic mass is 9.71. The predicted octanol–water partition coefficient (Wildman–Crippen LogP) is 0.870. The van der Waals surface area contributed by atoms with Gasteiger partial charge >= 0.3 is 17.9 Å². The summed E-state index contributed by atoms with van der Waals surface area (Å²) in [6, 6.07) is 0. The van der Waals surface area contributed by atoms with E-state index in [4.69, 9.17) is 14.2 Å². The van der Waals surface area contributed by atoms with Gasteiger partial charge in [-0.2, -0.15) is 0 Å². The maximum Gasteiger partial charge on any atom is 0.334 e. The Balaban J connectivity index is 1.97. The molecule has 0 N–H and O–H groups in total. The standard InChI is InChI=1S/C16H18O6/c1-4-22-16(19)13-9-7-5-6-8(10(9)13)12(15(18)21-3)11(7)14(17)20-2/h5-10,13H,4H2,1-3H3. The molecule has 0 aliphatic heterocycles. The van der Waals surface area contributed by atoms with Crippen LogP contribution in [-0.2, 0) is 28.6 Å². The molecule has 4 rings (SSSR count). The van der Waals surface area contributed by atoms with Crippen molar-refractivity contribution in [1.82, 2.24) is 0 Å². The van der Waals surface area contributed by atoms with E-state index in [1.165, 1.54) is 14.2 Å². The molecule has 22 heavy (non-hydrogen) atoms. The zero-order valence-corrected chi connectivity index (χ0v) is 12.7. The van der Waals surface area contributed by atoms with Crippen molar-refractivity contribution in [3.05, 3.63) is 23.3 Å². The van der Waals surface area contributed by atoms with Crippen LogP contribution in [0.25, 0.3) is 0 Å². The van der Waals surface area contributed by atoms with E-state index in [1.807, 2.05) is 12.2 Å². The second-order valence-electron chi connectivity index (χ2n) is 5.68. The SMILES string of the molecule is CCOC(=O)C1C2C3C=CC(C(C(=O)OC)=C3C(=O)OC)C12. The van der Waals surface area contributed by atoms with Crippen molar-refractivity contribution in [2.45, 2.75) is 6.92 Å². The van der Waals surface area contributed by atoms with Crippen molar-refractivity contribution in [2.24, 2.45) is 29.6 Å². The average molecular weight is 306 g/mol. The first-order valence-corrected chi connectivity index (χ1v) is 7.32. The summed E-state index contributed by atoms with van der Waals surface area (Å²) in [6.45, 7) is 2.08. The van der Waals surface area contributed by atoms with Crippen molar-refractivity contribution >= 4 is 17.9 Å². The van der Waals surface area contributed by atoms with Gasteiger partial charge in [0.1, 0.15) is 0 Å². The second kappa shape index (κ2) is 5.26. The number of hydrogen-bond donors (Lipinski definition) is 0. The predicted molar refractivity (Wildman–Crippen MR) is 74.3 cm³/mol. The number of carbonyl (C=O) groups excluding carboxylic acids is 3. The van der Waals surface area contributed by atoms with Gasteiger partial charge < -0.3 is 14.2 Å². The van der Waals surface area contributed by atoms with Gasteiger partial charge in [0.25, 0.3) is 0 Å². The highest BCUT2D eigenvalue weighted by molar-refractivity contribution is 6.03. The molecular weight excluding hydrogens is 288 g/mol. The van der Waals surface area contributed by atoms with Crippen LogP contribution in [0.3, 0.4) is 0 Å². The molecule has 4 unspecified atom stereocenters. The first-order valence-electron chi connectivity index (χ1n) is 7.32. The molecule has 0 amide bonds. The van der Waals surface area contributed by atoms with Crippen molar-refractivity contribution < 1.29 is 28.6 Å². The lowest BCUT2D eigenvalue weighted by Gasteiger charge is -2.32. The lowest BCUT2D eigenvalue weighted by molar-refractivity contribution is -0.145. The molecule has 1 saturated carbocycles. The molecule has 0 radical (unpaired) electrons. The Morgan fingerprint density at radius 2 is 1.41 bits per heavy atom. The van der Waals surface area contributed by atoms with E-state index in [1.54, 1.807) is 6.92 Å². The quantitative estimate of drug-likeness (QED) is 0.436. The summed E-state index contributed by atoms with van der Waals surface area (Å²) in [6.07, 6.45) is 3.79. The number of methoxy groups -OCH3 is 2. The monoisotopic (exact) mass is 306 g/mol. The highest BCUT2D eigenvalue weighted by Gasteiger charge is 2.68. The van der Waals surface area contributed by atoms with Gasteiger partial charge in [-0.25, -0.2) is 9.59 Å². The van der Waals surface area contributed by atoms with Crippen LogP contribution in [0, 0.1) is 29.6 Å². The summed E-state index contributed by atoms with van der Waals surface area (Å²) in [7, 11) is 2.56. The van der Waals surface area contributed by atoms with E-state index < -0.39 is 11.9 Å². The maximum absolute atomic E-state index is 12.1. The number of allylic oxidation sites excluding steroid dienone is 2. The van der Waals surface area contributed by atoms with Crippen LogP contribution in [0.4, 0.5) is 0 Å². The van der Waals surface area contributed by atoms with Crippen LogP contribution in [0.5, 0.6) is 0 Å². The van der Waals surface area contributed by atoms with E-state index in [0.717, 1.165) is 0 Å². The third kappa shape index (κ3) is 1.90. The molecule has 2 bridgehead atoms. The third-order valence-electron chi connectivity index (χ3n) is 4.81. The molecule has 0 aromatic heterocycles. The van der Waals surface area contributed by atoms with Crippen molar-refractivity contribution in [1.29, 1.82) is 0 Å². The molecule has 0 saturated heterocycles. The van der Waals surface area contributed by atoms with Gasteiger partial charge in [0, 0.05) is 11.8 Å². The zero-order chi connectivity index (χ0) is 16.0. The molecular formula is C16H18O6. The van der Waals surface area contributed by atoms with Crippen LogP contribution in [0.2, 0.25) is 0 Å². The minimum atomic E-state index is -0.535. The van der Waals surface area contributed by atoms with E-state index in [9.17, 15) is 14.4 Å². The Hall–Kier alpha value is -2.11. The lowest BCUT2D eigenvalue weighted by Crippen LogP contribution is -2.33. The number of carbonyl (C=O) groups is 3. The first-order chi connectivity index (χ1) is 10.6. The number of ether oxygens (including phenoxy) is 3. The number of hydrogen-bond acceptors (Lipinski definition) is 6. The topological polar surface area (TPSA) is 78.9 Å². The molecule has 0 spiro atoms. The summed E-state index contributed by atoms with van der Waals surface area (Å²) >= 11 is 0. The molecule has 0 aromatic rings. The molecule has 4 aliphatic carbocycles. The Labute approximate surface area is 128 Å². The minimum absolute atomic E-state index is 0.0107. The van der Waals surface area contributed by atoms with Gasteiger partial charge in [0.05, 0.1) is 37.9 Å². The van der Waals surface area contributed by atoms with Gasteiger partial charge in [-0.3, -0.25) is 4.79 Å². The third-order valence-corrected chi connectivity index (χ3v) is 4.81. The van der Waals surface area contributed by atoms with Crippen LogP contribution in [0.1, 0.15) is 6.92 Å². The molecule has 0 heterocycles. The summed E-state index contributed by atoms with van der Waals surface area (Å²) < 4.78 is 14.8. The molecule has 0 aromatic carbocycles. The summed E-state index contributed by atoms with van der Waals surface area (Å²) in [5, 5.41) is 0. The molecule has 4 atom stereocenters.